The third-order valence-corrected chi connectivity index (χ3v) is 5.43. The van der Waals surface area contributed by atoms with E-state index in [-0.39, 0.29) is 24.3 Å². The number of nitriles is 1. The summed E-state index contributed by atoms with van der Waals surface area (Å²) in [5.74, 6) is 0. The molecule has 8 heteroatoms. The third kappa shape index (κ3) is 3.51. The minimum absolute atomic E-state index is 0.0151. The summed E-state index contributed by atoms with van der Waals surface area (Å²) in [4.78, 5) is 4.32. The Bertz CT molecular complexity index is 1030. The van der Waals surface area contributed by atoms with Crippen molar-refractivity contribution in [2.24, 2.45) is 0 Å². The van der Waals surface area contributed by atoms with Gasteiger partial charge in [-0.2, -0.15) is 5.26 Å². The monoisotopic (exact) mass is 388 g/mol. The summed E-state index contributed by atoms with van der Waals surface area (Å²) in [6, 6.07) is 15.6. The van der Waals surface area contributed by atoms with E-state index >= 15 is 0 Å². The van der Waals surface area contributed by atoms with Gasteiger partial charge < -0.3 is 14.8 Å². The molecular formula is C21H20N6O2. The van der Waals surface area contributed by atoms with Crippen LogP contribution in [-0.4, -0.2) is 51.4 Å². The molecule has 3 aromatic rings. The minimum atomic E-state index is -0.0729. The fourth-order valence-electron chi connectivity index (χ4n) is 3.95. The number of aromatic nitrogens is 4. The van der Waals surface area contributed by atoms with Crippen molar-refractivity contribution in [1.82, 2.24) is 25.3 Å². The second-order valence-electron chi connectivity index (χ2n) is 7.26. The van der Waals surface area contributed by atoms with Crippen molar-refractivity contribution in [2.75, 3.05) is 13.2 Å². The molecule has 0 amide bonds. The average Bonchev–Trinajstić information content (AvgIpc) is 3.50. The summed E-state index contributed by atoms with van der Waals surface area (Å²) in [7, 11) is 0. The first-order valence-electron chi connectivity index (χ1n) is 9.61. The van der Waals surface area contributed by atoms with Crippen LogP contribution in [0, 0.1) is 11.3 Å². The van der Waals surface area contributed by atoms with Crippen molar-refractivity contribution in [1.29, 1.82) is 5.26 Å². The van der Waals surface area contributed by atoms with E-state index in [4.69, 9.17) is 14.7 Å². The SMILES string of the molecule is N#Cc1cccc(CNC2COC3C2OCC3n2cc(-c3ccccn3)nn2)c1. The zero-order valence-electron chi connectivity index (χ0n) is 15.7. The number of hydrogen-bond acceptors (Lipinski definition) is 7. The number of nitrogens with zero attached hydrogens (tertiary/aromatic N) is 5. The van der Waals surface area contributed by atoms with Crippen molar-refractivity contribution < 1.29 is 9.47 Å². The lowest BCUT2D eigenvalue weighted by molar-refractivity contribution is 0.0620. The standard InChI is InChI=1S/C21H20N6O2/c22-9-14-4-3-5-15(8-14)10-24-18-12-28-21-19(13-29-20(18)21)27-11-17(25-26-27)16-6-1-2-7-23-16/h1-8,11,18-21,24H,10,12-13H2. The van der Waals surface area contributed by atoms with Crippen molar-refractivity contribution in [3.8, 4) is 17.5 Å². The van der Waals surface area contributed by atoms with E-state index in [1.807, 2.05) is 47.3 Å². The van der Waals surface area contributed by atoms with Crippen LogP contribution >= 0.6 is 0 Å². The molecular weight excluding hydrogens is 368 g/mol. The van der Waals surface area contributed by atoms with Gasteiger partial charge in [-0.15, -0.1) is 5.10 Å². The fourth-order valence-corrected chi connectivity index (χ4v) is 3.95. The van der Waals surface area contributed by atoms with Crippen LogP contribution in [0.15, 0.2) is 54.9 Å². The van der Waals surface area contributed by atoms with Gasteiger partial charge in [0.25, 0.3) is 0 Å². The van der Waals surface area contributed by atoms with E-state index < -0.39 is 0 Å². The first-order valence-corrected chi connectivity index (χ1v) is 9.61. The fraction of sp³-hybridized carbons (Fsp3) is 0.333. The first-order chi connectivity index (χ1) is 14.3. The molecule has 4 heterocycles. The summed E-state index contributed by atoms with van der Waals surface area (Å²) in [6.45, 7) is 1.77. The Balaban J connectivity index is 1.25. The molecule has 2 fully saturated rings. The number of fused-ring (bicyclic) bond motifs is 1. The van der Waals surface area contributed by atoms with Crippen LogP contribution in [0.1, 0.15) is 17.2 Å². The molecule has 0 radical (unpaired) electrons. The van der Waals surface area contributed by atoms with Crippen LogP contribution in [-0.2, 0) is 16.0 Å². The Morgan fingerprint density at radius 2 is 2.03 bits per heavy atom. The van der Waals surface area contributed by atoms with Crippen molar-refractivity contribution in [3.05, 3.63) is 66.0 Å². The molecule has 4 atom stereocenters. The minimum Gasteiger partial charge on any atom is -0.371 e. The Hall–Kier alpha value is -3.12. The third-order valence-electron chi connectivity index (χ3n) is 5.43. The van der Waals surface area contributed by atoms with Crippen LogP contribution < -0.4 is 5.32 Å². The lowest BCUT2D eigenvalue weighted by Gasteiger charge is -2.18. The van der Waals surface area contributed by atoms with E-state index in [0.29, 0.717) is 25.3 Å². The smallest absolute Gasteiger partial charge is 0.131 e. The lowest BCUT2D eigenvalue weighted by Crippen LogP contribution is -2.40. The molecule has 1 N–H and O–H groups in total. The van der Waals surface area contributed by atoms with Gasteiger partial charge in [0, 0.05) is 12.7 Å². The highest BCUT2D eigenvalue weighted by molar-refractivity contribution is 5.51. The number of hydrogen-bond donors (Lipinski definition) is 1. The quantitative estimate of drug-likeness (QED) is 0.710. The first kappa shape index (κ1) is 17.9. The highest BCUT2D eigenvalue weighted by Crippen LogP contribution is 2.34. The zero-order chi connectivity index (χ0) is 19.6. The molecule has 2 aliphatic heterocycles. The van der Waals surface area contributed by atoms with E-state index in [1.165, 1.54) is 0 Å². The molecule has 29 heavy (non-hydrogen) atoms. The van der Waals surface area contributed by atoms with E-state index in [0.717, 1.165) is 17.0 Å². The molecule has 0 saturated carbocycles. The van der Waals surface area contributed by atoms with Crippen molar-refractivity contribution in [3.63, 3.8) is 0 Å². The maximum Gasteiger partial charge on any atom is 0.131 e. The highest BCUT2D eigenvalue weighted by atomic mass is 16.6. The summed E-state index contributed by atoms with van der Waals surface area (Å²) in [6.07, 6.45) is 3.53. The summed E-state index contributed by atoms with van der Waals surface area (Å²) in [5, 5.41) is 21.1. The van der Waals surface area contributed by atoms with E-state index in [9.17, 15) is 0 Å². The van der Waals surface area contributed by atoms with Crippen molar-refractivity contribution >= 4 is 0 Å². The molecule has 0 aliphatic carbocycles. The van der Waals surface area contributed by atoms with Gasteiger partial charge >= 0.3 is 0 Å². The number of nitrogens with one attached hydrogen (secondary N) is 1. The average molecular weight is 388 g/mol. The summed E-state index contributed by atoms with van der Waals surface area (Å²) >= 11 is 0. The van der Waals surface area contributed by atoms with Gasteiger partial charge in [-0.3, -0.25) is 4.98 Å². The van der Waals surface area contributed by atoms with Crippen LogP contribution in [0.25, 0.3) is 11.4 Å². The molecule has 5 rings (SSSR count). The van der Waals surface area contributed by atoms with E-state index in [2.05, 4.69) is 26.7 Å². The Morgan fingerprint density at radius 3 is 2.90 bits per heavy atom. The Labute approximate surface area is 168 Å². The lowest BCUT2D eigenvalue weighted by atomic mass is 10.1. The van der Waals surface area contributed by atoms with Gasteiger partial charge in [0.2, 0.25) is 0 Å². The topological polar surface area (TPSA) is 97.9 Å². The Morgan fingerprint density at radius 1 is 1.10 bits per heavy atom. The second kappa shape index (κ2) is 7.72. The molecule has 8 nitrogen and oxygen atoms in total. The normalized spacial score (nSPS) is 25.6. The van der Waals surface area contributed by atoms with Crippen LogP contribution in [0.2, 0.25) is 0 Å². The predicted molar refractivity (Wildman–Crippen MR) is 104 cm³/mol. The molecule has 0 spiro atoms. The molecule has 4 unspecified atom stereocenters. The molecule has 146 valence electrons. The summed E-state index contributed by atoms with van der Waals surface area (Å²) < 4.78 is 13.9. The maximum absolute atomic E-state index is 9.05. The number of pyridine rings is 1. The highest BCUT2D eigenvalue weighted by Gasteiger charge is 2.48. The second-order valence-corrected chi connectivity index (χ2v) is 7.26. The molecule has 2 aliphatic rings. The van der Waals surface area contributed by atoms with Crippen LogP contribution in [0.3, 0.4) is 0 Å². The van der Waals surface area contributed by atoms with E-state index in [1.54, 1.807) is 12.3 Å². The van der Waals surface area contributed by atoms with Gasteiger partial charge in [-0.1, -0.05) is 23.4 Å². The van der Waals surface area contributed by atoms with Gasteiger partial charge in [0.15, 0.2) is 0 Å². The van der Waals surface area contributed by atoms with Crippen LogP contribution in [0.4, 0.5) is 0 Å². The van der Waals surface area contributed by atoms with Gasteiger partial charge in [-0.25, -0.2) is 4.68 Å². The Kier molecular flexibility index (Phi) is 4.77. The molecule has 1 aromatic carbocycles. The molecule has 0 bridgehead atoms. The predicted octanol–water partition coefficient (Wildman–Crippen LogP) is 1.71. The number of rotatable bonds is 5. The zero-order valence-corrected chi connectivity index (χ0v) is 15.7. The number of ether oxygens (including phenoxy) is 2. The largest absolute Gasteiger partial charge is 0.371 e. The molecule has 2 saturated heterocycles. The summed E-state index contributed by atoms with van der Waals surface area (Å²) in [5.41, 5.74) is 3.26. The van der Waals surface area contributed by atoms with Gasteiger partial charge in [0.1, 0.15) is 23.9 Å². The maximum atomic E-state index is 9.05. The van der Waals surface area contributed by atoms with Gasteiger partial charge in [-0.05, 0) is 29.8 Å². The van der Waals surface area contributed by atoms with Crippen molar-refractivity contribution in [2.45, 2.75) is 30.8 Å². The van der Waals surface area contributed by atoms with Crippen LogP contribution in [0.5, 0.6) is 0 Å². The van der Waals surface area contributed by atoms with Gasteiger partial charge in [0.05, 0.1) is 42.8 Å². The number of benzene rings is 1. The molecule has 2 aromatic heterocycles.